The Bertz CT molecular complexity index is 1250. The highest BCUT2D eigenvalue weighted by atomic mass is 19.1. The molecule has 30 heavy (non-hydrogen) atoms. The van der Waals surface area contributed by atoms with E-state index in [2.05, 4.69) is 4.98 Å². The largest absolute Gasteiger partial charge is 0.494 e. The number of aromatic amines is 1. The van der Waals surface area contributed by atoms with Crippen molar-refractivity contribution in [3.8, 4) is 17.3 Å². The van der Waals surface area contributed by atoms with Crippen molar-refractivity contribution in [2.24, 2.45) is 0 Å². The summed E-state index contributed by atoms with van der Waals surface area (Å²) in [5.41, 5.74) is 9.98. The van der Waals surface area contributed by atoms with E-state index in [0.29, 0.717) is 36.2 Å². The Hall–Kier alpha value is -3.39. The summed E-state index contributed by atoms with van der Waals surface area (Å²) in [6, 6.07) is 10.4. The highest BCUT2D eigenvalue weighted by Gasteiger charge is 2.27. The normalized spacial score (nSPS) is 16.4. The Labute approximate surface area is 172 Å². The van der Waals surface area contributed by atoms with Gasteiger partial charge in [0.1, 0.15) is 11.9 Å². The lowest BCUT2D eigenvalue weighted by molar-refractivity contribution is 0.0808. The number of H-pyrrole nitrogens is 1. The number of halogens is 1. The van der Waals surface area contributed by atoms with Crippen molar-refractivity contribution in [2.75, 3.05) is 19.5 Å². The molecular formula is C22H22FN5O2. The van der Waals surface area contributed by atoms with Gasteiger partial charge in [-0.15, -0.1) is 5.10 Å². The summed E-state index contributed by atoms with van der Waals surface area (Å²) in [6.07, 6.45) is 0.424. The third-order valence-electron chi connectivity index (χ3n) is 5.48. The molecule has 0 saturated heterocycles. The van der Waals surface area contributed by atoms with Crippen LogP contribution in [-0.4, -0.2) is 33.5 Å². The number of benzene rings is 2. The number of aromatic nitrogens is 4. The first-order chi connectivity index (χ1) is 14.5. The van der Waals surface area contributed by atoms with Crippen LogP contribution in [0.5, 0.6) is 5.75 Å². The van der Waals surface area contributed by atoms with E-state index in [1.807, 2.05) is 23.7 Å². The fraction of sp³-hybridized carbons (Fsp3) is 0.273. The second-order valence-corrected chi connectivity index (χ2v) is 7.45. The van der Waals surface area contributed by atoms with Gasteiger partial charge < -0.3 is 20.2 Å². The van der Waals surface area contributed by atoms with Gasteiger partial charge in [0.2, 0.25) is 0 Å². The van der Waals surface area contributed by atoms with Crippen molar-refractivity contribution in [1.82, 2.24) is 19.7 Å². The molecule has 0 saturated carbocycles. The monoisotopic (exact) mass is 407 g/mol. The minimum atomic E-state index is -0.399. The van der Waals surface area contributed by atoms with Crippen LogP contribution in [0.15, 0.2) is 36.4 Å². The molecule has 0 amide bonds. The van der Waals surface area contributed by atoms with E-state index in [4.69, 9.17) is 25.3 Å². The molecule has 1 aliphatic heterocycles. The van der Waals surface area contributed by atoms with Gasteiger partial charge in [-0.05, 0) is 54.8 Å². The Morgan fingerprint density at radius 2 is 2.13 bits per heavy atom. The molecule has 0 radical (unpaired) electrons. The first-order valence-corrected chi connectivity index (χ1v) is 9.83. The lowest BCUT2D eigenvalue weighted by Crippen LogP contribution is -2.11. The number of rotatable bonds is 3. The number of fused-ring (bicyclic) bond motifs is 2. The smallest absolute Gasteiger partial charge is 0.197 e. The molecule has 7 nitrogen and oxygen atoms in total. The van der Waals surface area contributed by atoms with E-state index >= 15 is 0 Å². The minimum absolute atomic E-state index is 0.265. The SMILES string of the molecule is COc1c(N)ccc2[nH]c(-c3nc4n(n3)CCCOC4c3ccc(F)cc3C)cc12. The van der Waals surface area contributed by atoms with E-state index in [1.54, 1.807) is 19.2 Å². The van der Waals surface area contributed by atoms with Crippen molar-refractivity contribution in [3.05, 3.63) is 59.2 Å². The maximum absolute atomic E-state index is 13.6. The summed E-state index contributed by atoms with van der Waals surface area (Å²) in [5.74, 6) is 1.64. The lowest BCUT2D eigenvalue weighted by Gasteiger charge is -2.17. The standard InChI is InChI=1S/C22H22FN5O2/c1-12-10-13(23)4-5-14(12)20-22-26-21(27-28(22)8-3-9-30-20)18-11-15-17(25-18)7-6-16(24)19(15)29-2/h4-7,10-11,20,25H,3,8-9,24H2,1-2H3. The molecule has 0 spiro atoms. The summed E-state index contributed by atoms with van der Waals surface area (Å²) in [5, 5.41) is 5.60. The average molecular weight is 407 g/mol. The van der Waals surface area contributed by atoms with Gasteiger partial charge in [-0.3, -0.25) is 0 Å². The Balaban J connectivity index is 1.61. The molecule has 2 aromatic heterocycles. The Morgan fingerprint density at radius 3 is 2.93 bits per heavy atom. The van der Waals surface area contributed by atoms with Crippen molar-refractivity contribution in [1.29, 1.82) is 0 Å². The summed E-state index contributed by atoms with van der Waals surface area (Å²) in [4.78, 5) is 8.15. The average Bonchev–Trinajstić information content (AvgIpc) is 3.29. The topological polar surface area (TPSA) is 91.0 Å². The maximum Gasteiger partial charge on any atom is 0.197 e. The molecule has 5 rings (SSSR count). The van der Waals surface area contributed by atoms with Crippen LogP contribution in [0.3, 0.4) is 0 Å². The number of nitrogens with two attached hydrogens (primary N) is 1. The second kappa shape index (κ2) is 7.14. The van der Waals surface area contributed by atoms with Crippen molar-refractivity contribution in [3.63, 3.8) is 0 Å². The predicted molar refractivity (Wildman–Crippen MR) is 112 cm³/mol. The molecule has 3 N–H and O–H groups in total. The minimum Gasteiger partial charge on any atom is -0.494 e. The zero-order valence-electron chi connectivity index (χ0n) is 16.8. The third-order valence-corrected chi connectivity index (χ3v) is 5.48. The van der Waals surface area contributed by atoms with Crippen LogP contribution in [-0.2, 0) is 11.3 Å². The zero-order chi connectivity index (χ0) is 20.8. The first kappa shape index (κ1) is 18.6. The maximum atomic E-state index is 13.6. The summed E-state index contributed by atoms with van der Waals surface area (Å²) >= 11 is 0. The van der Waals surface area contributed by atoms with Crippen LogP contribution in [0.4, 0.5) is 10.1 Å². The molecule has 8 heteroatoms. The number of hydrogen-bond donors (Lipinski definition) is 2. The van der Waals surface area contributed by atoms with Crippen LogP contribution < -0.4 is 10.5 Å². The van der Waals surface area contributed by atoms with E-state index in [0.717, 1.165) is 34.1 Å². The Morgan fingerprint density at radius 1 is 1.27 bits per heavy atom. The first-order valence-electron chi connectivity index (χ1n) is 9.83. The molecule has 0 aliphatic carbocycles. The fourth-order valence-corrected chi connectivity index (χ4v) is 4.02. The van der Waals surface area contributed by atoms with Crippen LogP contribution >= 0.6 is 0 Å². The predicted octanol–water partition coefficient (Wildman–Crippen LogP) is 3.97. The molecule has 4 aromatic rings. The van der Waals surface area contributed by atoms with Gasteiger partial charge in [-0.25, -0.2) is 14.1 Å². The number of ether oxygens (including phenoxy) is 2. The summed E-state index contributed by atoms with van der Waals surface area (Å²) < 4.78 is 27.1. The third kappa shape index (κ3) is 3.00. The number of methoxy groups -OCH3 is 1. The Kier molecular flexibility index (Phi) is 4.43. The van der Waals surface area contributed by atoms with E-state index in [1.165, 1.54) is 12.1 Å². The van der Waals surface area contributed by atoms with Crippen molar-refractivity contribution in [2.45, 2.75) is 26.0 Å². The fourth-order valence-electron chi connectivity index (χ4n) is 4.02. The summed E-state index contributed by atoms with van der Waals surface area (Å²) in [6.45, 7) is 3.17. The van der Waals surface area contributed by atoms with E-state index in [-0.39, 0.29) is 5.82 Å². The van der Waals surface area contributed by atoms with Crippen LogP contribution in [0.25, 0.3) is 22.4 Å². The van der Waals surface area contributed by atoms with Gasteiger partial charge in [0, 0.05) is 24.1 Å². The molecule has 3 heterocycles. The highest BCUT2D eigenvalue weighted by molar-refractivity contribution is 5.94. The van der Waals surface area contributed by atoms with Gasteiger partial charge in [-0.2, -0.15) is 0 Å². The quantitative estimate of drug-likeness (QED) is 0.502. The van der Waals surface area contributed by atoms with Gasteiger partial charge in [0.25, 0.3) is 0 Å². The van der Waals surface area contributed by atoms with Gasteiger partial charge in [0.05, 0.1) is 18.5 Å². The number of nitrogens with one attached hydrogen (secondary N) is 1. The van der Waals surface area contributed by atoms with Gasteiger partial charge in [-0.1, -0.05) is 6.07 Å². The molecule has 1 unspecified atom stereocenters. The van der Waals surface area contributed by atoms with Gasteiger partial charge >= 0.3 is 0 Å². The van der Waals surface area contributed by atoms with Crippen molar-refractivity contribution < 1.29 is 13.9 Å². The number of anilines is 1. The van der Waals surface area contributed by atoms with E-state index in [9.17, 15) is 4.39 Å². The molecular weight excluding hydrogens is 385 g/mol. The van der Waals surface area contributed by atoms with Crippen LogP contribution in [0.2, 0.25) is 0 Å². The molecule has 0 fully saturated rings. The lowest BCUT2D eigenvalue weighted by atomic mass is 10.0. The molecule has 1 atom stereocenters. The highest BCUT2D eigenvalue weighted by Crippen LogP contribution is 2.35. The zero-order valence-corrected chi connectivity index (χ0v) is 16.8. The second-order valence-electron chi connectivity index (χ2n) is 7.45. The number of nitrogens with zero attached hydrogens (tertiary/aromatic N) is 3. The van der Waals surface area contributed by atoms with Gasteiger partial charge in [0.15, 0.2) is 17.4 Å². The number of aryl methyl sites for hydroxylation is 2. The number of hydrogen-bond acceptors (Lipinski definition) is 5. The summed E-state index contributed by atoms with van der Waals surface area (Å²) in [7, 11) is 1.60. The molecule has 154 valence electrons. The van der Waals surface area contributed by atoms with Crippen LogP contribution in [0, 0.1) is 12.7 Å². The van der Waals surface area contributed by atoms with E-state index < -0.39 is 6.10 Å². The molecule has 2 aromatic carbocycles. The van der Waals surface area contributed by atoms with Crippen molar-refractivity contribution >= 4 is 16.6 Å². The number of nitrogen functional groups attached to an aromatic ring is 1. The molecule has 1 aliphatic rings. The molecule has 0 bridgehead atoms. The van der Waals surface area contributed by atoms with Crippen LogP contribution in [0.1, 0.15) is 29.5 Å².